The van der Waals surface area contributed by atoms with Crippen molar-refractivity contribution in [1.29, 1.82) is 0 Å². The normalized spacial score (nSPS) is 20.2. The van der Waals surface area contributed by atoms with Gasteiger partial charge in [0.15, 0.2) is 9.84 Å². The van der Waals surface area contributed by atoms with Gasteiger partial charge >= 0.3 is 0 Å². The number of benzene rings is 1. The number of hydrogen-bond donors (Lipinski definition) is 1. The molecule has 2 aromatic rings. The van der Waals surface area contributed by atoms with Crippen LogP contribution in [0.25, 0.3) is 0 Å². The maximum atomic E-state index is 13.5. The zero-order valence-corrected chi connectivity index (χ0v) is 13.1. The molecule has 0 saturated heterocycles. The van der Waals surface area contributed by atoms with Crippen LogP contribution in [0.4, 0.5) is 4.39 Å². The van der Waals surface area contributed by atoms with E-state index in [4.69, 9.17) is 0 Å². The van der Waals surface area contributed by atoms with Gasteiger partial charge in [0.05, 0.1) is 15.7 Å². The number of thiazole rings is 1. The van der Waals surface area contributed by atoms with Crippen LogP contribution in [-0.4, -0.2) is 19.2 Å². The molecule has 1 aliphatic heterocycles. The molecule has 0 bridgehead atoms. The molecule has 4 nitrogen and oxygen atoms in total. The smallest absolute Gasteiger partial charge is 0.178 e. The monoisotopic (exact) mass is 326 g/mol. The van der Waals surface area contributed by atoms with Gasteiger partial charge in [0.1, 0.15) is 5.82 Å². The maximum Gasteiger partial charge on any atom is 0.178 e. The van der Waals surface area contributed by atoms with Crippen molar-refractivity contribution < 1.29 is 12.8 Å². The van der Waals surface area contributed by atoms with Gasteiger partial charge in [-0.2, -0.15) is 0 Å². The van der Waals surface area contributed by atoms with Crippen LogP contribution in [0.3, 0.4) is 0 Å². The lowest BCUT2D eigenvalue weighted by Gasteiger charge is -2.26. The standard InChI is InChI=1S/C14H15FN2O2S2/c1-9-16-7-11(20-9)8-17-13-4-5-21(18,19)14-3-2-10(15)6-12(13)14/h2-3,6-7,13,17H,4-5,8H2,1H3. The number of aryl methyl sites for hydroxylation is 1. The van der Waals surface area contributed by atoms with Crippen LogP contribution in [-0.2, 0) is 16.4 Å². The summed E-state index contributed by atoms with van der Waals surface area (Å²) in [4.78, 5) is 5.51. The Morgan fingerprint density at radius 3 is 3.00 bits per heavy atom. The SMILES string of the molecule is Cc1ncc(CNC2CCS(=O)(=O)c3ccc(F)cc32)s1. The first kappa shape index (κ1) is 14.6. The Balaban J connectivity index is 1.86. The summed E-state index contributed by atoms with van der Waals surface area (Å²) in [6, 6.07) is 3.74. The van der Waals surface area contributed by atoms with Gasteiger partial charge in [-0.3, -0.25) is 0 Å². The van der Waals surface area contributed by atoms with E-state index in [0.717, 1.165) is 9.88 Å². The second-order valence-corrected chi connectivity index (χ2v) is 8.47. The van der Waals surface area contributed by atoms with Crippen molar-refractivity contribution in [2.45, 2.75) is 30.8 Å². The lowest BCUT2D eigenvalue weighted by Crippen LogP contribution is -2.29. The van der Waals surface area contributed by atoms with Gasteiger partial charge in [0.2, 0.25) is 0 Å². The number of nitrogens with one attached hydrogen (secondary N) is 1. The fourth-order valence-electron chi connectivity index (χ4n) is 2.54. The number of hydrogen-bond acceptors (Lipinski definition) is 5. The van der Waals surface area contributed by atoms with Crippen molar-refractivity contribution >= 4 is 21.2 Å². The number of aromatic nitrogens is 1. The molecular formula is C14H15FN2O2S2. The minimum absolute atomic E-state index is 0.0883. The third kappa shape index (κ3) is 3.00. The Labute approximate surface area is 127 Å². The van der Waals surface area contributed by atoms with Gasteiger partial charge in [-0.1, -0.05) is 0 Å². The van der Waals surface area contributed by atoms with Gasteiger partial charge in [-0.15, -0.1) is 11.3 Å². The molecule has 0 spiro atoms. The van der Waals surface area contributed by atoms with E-state index in [1.165, 1.54) is 18.2 Å². The second kappa shape index (κ2) is 5.47. The van der Waals surface area contributed by atoms with Gasteiger partial charge in [0, 0.05) is 23.7 Å². The number of nitrogens with zero attached hydrogens (tertiary/aromatic N) is 1. The molecule has 112 valence electrons. The maximum absolute atomic E-state index is 13.5. The van der Waals surface area contributed by atoms with Gasteiger partial charge in [-0.25, -0.2) is 17.8 Å². The number of sulfone groups is 1. The highest BCUT2D eigenvalue weighted by molar-refractivity contribution is 7.91. The number of halogens is 1. The largest absolute Gasteiger partial charge is 0.305 e. The molecule has 0 fully saturated rings. The summed E-state index contributed by atoms with van der Waals surface area (Å²) in [5, 5.41) is 4.30. The second-order valence-electron chi connectivity index (χ2n) is 5.07. The van der Waals surface area contributed by atoms with E-state index in [9.17, 15) is 12.8 Å². The Bertz CT molecular complexity index is 771. The fraction of sp³-hybridized carbons (Fsp3) is 0.357. The van der Waals surface area contributed by atoms with Crippen LogP contribution >= 0.6 is 11.3 Å². The molecule has 0 amide bonds. The third-order valence-electron chi connectivity index (χ3n) is 3.55. The molecule has 0 radical (unpaired) electrons. The molecular weight excluding hydrogens is 311 g/mol. The van der Waals surface area contributed by atoms with Crippen LogP contribution in [0.5, 0.6) is 0 Å². The van der Waals surface area contributed by atoms with Crippen molar-refractivity contribution in [3.63, 3.8) is 0 Å². The van der Waals surface area contributed by atoms with Crippen LogP contribution in [0.1, 0.15) is 27.9 Å². The van der Waals surface area contributed by atoms with Crippen molar-refractivity contribution in [1.82, 2.24) is 10.3 Å². The van der Waals surface area contributed by atoms with Crippen LogP contribution in [0, 0.1) is 12.7 Å². The van der Waals surface area contributed by atoms with Crippen molar-refractivity contribution in [3.8, 4) is 0 Å². The highest BCUT2D eigenvalue weighted by atomic mass is 32.2. The summed E-state index contributed by atoms with van der Waals surface area (Å²) in [5.74, 6) is -0.323. The molecule has 2 heterocycles. The molecule has 1 aromatic carbocycles. The van der Waals surface area contributed by atoms with E-state index in [1.54, 1.807) is 17.5 Å². The van der Waals surface area contributed by atoms with E-state index >= 15 is 0 Å². The van der Waals surface area contributed by atoms with E-state index < -0.39 is 15.7 Å². The highest BCUT2D eigenvalue weighted by Gasteiger charge is 2.30. The summed E-state index contributed by atoms with van der Waals surface area (Å²) in [5.41, 5.74) is 0.530. The zero-order valence-electron chi connectivity index (χ0n) is 11.5. The predicted molar refractivity (Wildman–Crippen MR) is 79.5 cm³/mol. The van der Waals surface area contributed by atoms with Gasteiger partial charge in [-0.05, 0) is 37.1 Å². The number of rotatable bonds is 3. The molecule has 1 atom stereocenters. The lowest BCUT2D eigenvalue weighted by molar-refractivity contribution is 0.489. The minimum Gasteiger partial charge on any atom is -0.305 e. The van der Waals surface area contributed by atoms with Crippen molar-refractivity contribution in [2.24, 2.45) is 0 Å². The molecule has 0 aliphatic carbocycles. The summed E-state index contributed by atoms with van der Waals surface area (Å²) < 4.78 is 37.6. The van der Waals surface area contributed by atoms with Crippen LogP contribution in [0.2, 0.25) is 0 Å². The Morgan fingerprint density at radius 2 is 2.29 bits per heavy atom. The van der Waals surface area contributed by atoms with E-state index in [2.05, 4.69) is 10.3 Å². The first-order valence-corrected chi connectivity index (χ1v) is 9.09. The zero-order chi connectivity index (χ0) is 15.0. The fourth-order valence-corrected chi connectivity index (χ4v) is 4.88. The minimum atomic E-state index is -3.29. The summed E-state index contributed by atoms with van der Waals surface area (Å²) in [6.45, 7) is 2.54. The summed E-state index contributed by atoms with van der Waals surface area (Å²) >= 11 is 1.59. The molecule has 1 aromatic heterocycles. The van der Waals surface area contributed by atoms with E-state index in [-0.39, 0.29) is 16.7 Å². The van der Waals surface area contributed by atoms with Crippen molar-refractivity contribution in [2.75, 3.05) is 5.75 Å². The molecule has 1 unspecified atom stereocenters. The highest BCUT2D eigenvalue weighted by Crippen LogP contribution is 2.33. The van der Waals surface area contributed by atoms with Gasteiger partial charge in [0.25, 0.3) is 0 Å². The molecule has 1 N–H and O–H groups in total. The van der Waals surface area contributed by atoms with Crippen LogP contribution < -0.4 is 5.32 Å². The average molecular weight is 326 g/mol. The molecule has 7 heteroatoms. The predicted octanol–water partition coefficient (Wildman–Crippen LogP) is 2.60. The Hall–Kier alpha value is -1.31. The number of fused-ring (bicyclic) bond motifs is 1. The Morgan fingerprint density at radius 1 is 1.48 bits per heavy atom. The average Bonchev–Trinajstić information content (AvgIpc) is 2.83. The lowest BCUT2D eigenvalue weighted by atomic mass is 10.0. The topological polar surface area (TPSA) is 59.1 Å². The first-order chi connectivity index (χ1) is 9.95. The van der Waals surface area contributed by atoms with Gasteiger partial charge < -0.3 is 5.32 Å². The third-order valence-corrected chi connectivity index (χ3v) is 6.28. The quantitative estimate of drug-likeness (QED) is 0.881. The Kier molecular flexibility index (Phi) is 3.81. The molecule has 1 aliphatic rings. The van der Waals surface area contributed by atoms with E-state index in [1.807, 2.05) is 6.92 Å². The molecule has 3 rings (SSSR count). The molecule has 21 heavy (non-hydrogen) atoms. The first-order valence-electron chi connectivity index (χ1n) is 6.62. The summed E-state index contributed by atoms with van der Waals surface area (Å²) in [6.07, 6.45) is 2.26. The van der Waals surface area contributed by atoms with Crippen LogP contribution in [0.15, 0.2) is 29.3 Å². The summed E-state index contributed by atoms with van der Waals surface area (Å²) in [7, 11) is -3.29. The van der Waals surface area contributed by atoms with Crippen molar-refractivity contribution in [3.05, 3.63) is 45.7 Å². The molecule has 0 saturated carbocycles. The van der Waals surface area contributed by atoms with E-state index in [0.29, 0.717) is 18.5 Å².